The van der Waals surface area contributed by atoms with E-state index in [4.69, 9.17) is 10.2 Å². The molecule has 0 bridgehead atoms. The Morgan fingerprint density at radius 3 is 2.27 bits per heavy atom. The number of sulfonamides is 1. The van der Waals surface area contributed by atoms with Crippen LogP contribution in [0.25, 0.3) is 22.1 Å². The summed E-state index contributed by atoms with van der Waals surface area (Å²) in [5, 5.41) is 0.707. The summed E-state index contributed by atoms with van der Waals surface area (Å²) in [5.41, 5.74) is 10.7. The summed E-state index contributed by atoms with van der Waals surface area (Å²) in [6.45, 7) is 3.97. The van der Waals surface area contributed by atoms with Crippen molar-refractivity contribution >= 4 is 26.7 Å². The lowest BCUT2D eigenvalue weighted by Gasteiger charge is -2.10. The second-order valence-electron chi connectivity index (χ2n) is 7.12. The molecule has 5 nitrogen and oxygen atoms in total. The smallest absolute Gasteiger partial charge is 0.285 e. The van der Waals surface area contributed by atoms with E-state index >= 15 is 0 Å². The molecule has 0 amide bonds. The number of anilines is 1. The molecule has 3 aromatic carbocycles. The normalized spacial score (nSPS) is 12.4. The molecule has 6 heteroatoms. The molecule has 0 aliphatic heterocycles. The van der Waals surface area contributed by atoms with Gasteiger partial charge < -0.3 is 10.2 Å². The second-order valence-corrected chi connectivity index (χ2v) is 8.73. The number of hydrogen-bond acceptors (Lipinski definition) is 4. The minimum Gasteiger partial charge on any atom is -0.437 e. The molecule has 0 aliphatic carbocycles. The molecule has 0 saturated heterocycles. The molecule has 0 aliphatic rings. The van der Waals surface area contributed by atoms with Gasteiger partial charge in [0.2, 0.25) is 5.55 Å². The van der Waals surface area contributed by atoms with Crippen molar-refractivity contribution in [1.82, 2.24) is 0 Å². The van der Waals surface area contributed by atoms with E-state index in [0.29, 0.717) is 22.2 Å². The van der Waals surface area contributed by atoms with Gasteiger partial charge in [-0.2, -0.15) is 8.42 Å². The third kappa shape index (κ3) is 3.74. The van der Waals surface area contributed by atoms with Crippen molar-refractivity contribution in [3.8, 4) is 11.1 Å². The van der Waals surface area contributed by atoms with E-state index < -0.39 is 10.0 Å². The van der Waals surface area contributed by atoms with Crippen molar-refractivity contribution in [2.24, 2.45) is 4.40 Å². The van der Waals surface area contributed by atoms with Crippen molar-refractivity contribution in [2.75, 3.05) is 5.73 Å². The van der Waals surface area contributed by atoms with Gasteiger partial charge in [0, 0.05) is 5.39 Å². The molecule has 0 saturated carbocycles. The van der Waals surface area contributed by atoms with E-state index in [-0.39, 0.29) is 10.4 Å². The highest BCUT2D eigenvalue weighted by Gasteiger charge is 2.18. The number of nitrogens with two attached hydrogens (primary N) is 1. The van der Waals surface area contributed by atoms with Crippen LogP contribution < -0.4 is 11.3 Å². The number of aryl methyl sites for hydroxylation is 2. The van der Waals surface area contributed by atoms with Gasteiger partial charge in [-0.1, -0.05) is 61.0 Å². The average molecular weight is 419 g/mol. The highest BCUT2D eigenvalue weighted by atomic mass is 32.2. The quantitative estimate of drug-likeness (QED) is 0.514. The van der Waals surface area contributed by atoms with Gasteiger partial charge in [-0.25, -0.2) is 0 Å². The van der Waals surface area contributed by atoms with E-state index in [1.165, 1.54) is 17.7 Å². The maximum atomic E-state index is 13.0. The average Bonchev–Trinajstić information content (AvgIpc) is 2.74. The van der Waals surface area contributed by atoms with Crippen LogP contribution in [0.1, 0.15) is 18.1 Å². The van der Waals surface area contributed by atoms with Gasteiger partial charge in [-0.3, -0.25) is 0 Å². The van der Waals surface area contributed by atoms with Crippen LogP contribution in [-0.4, -0.2) is 8.42 Å². The molecule has 2 N–H and O–H groups in total. The van der Waals surface area contributed by atoms with Crippen molar-refractivity contribution in [1.29, 1.82) is 0 Å². The van der Waals surface area contributed by atoms with Gasteiger partial charge in [0.25, 0.3) is 10.0 Å². The van der Waals surface area contributed by atoms with Crippen LogP contribution in [0, 0.1) is 6.92 Å². The summed E-state index contributed by atoms with van der Waals surface area (Å²) in [4.78, 5) is 0.0994. The first-order chi connectivity index (χ1) is 14.4. The first kappa shape index (κ1) is 19.9. The number of benzene rings is 3. The van der Waals surface area contributed by atoms with Gasteiger partial charge in [0.05, 0.1) is 16.1 Å². The highest BCUT2D eigenvalue weighted by molar-refractivity contribution is 7.90. The summed E-state index contributed by atoms with van der Waals surface area (Å²) in [6, 6.07) is 21.6. The SMILES string of the molecule is CCc1ccc(-c2c(N)c3ccccc3oc2=NS(=O)(=O)c2ccc(C)cc2)cc1. The van der Waals surface area contributed by atoms with Crippen molar-refractivity contribution in [2.45, 2.75) is 25.2 Å². The standard InChI is InChI=1S/C24H22N2O3S/c1-3-17-10-12-18(13-11-17)22-23(25)20-6-4-5-7-21(20)29-24(22)26-30(27,28)19-14-8-16(2)9-15-19/h4-15H,3,25H2,1-2H3. The molecular formula is C24H22N2O3S. The molecule has 4 rings (SSSR count). The third-order valence-electron chi connectivity index (χ3n) is 5.04. The Hall–Kier alpha value is -3.38. The molecule has 0 atom stereocenters. The Balaban J connectivity index is 2.02. The lowest BCUT2D eigenvalue weighted by Crippen LogP contribution is -2.13. The zero-order valence-electron chi connectivity index (χ0n) is 16.8. The van der Waals surface area contributed by atoms with Crippen LogP contribution >= 0.6 is 0 Å². The molecule has 30 heavy (non-hydrogen) atoms. The van der Waals surface area contributed by atoms with Crippen LogP contribution in [-0.2, 0) is 16.4 Å². The van der Waals surface area contributed by atoms with Crippen LogP contribution in [0.4, 0.5) is 5.69 Å². The van der Waals surface area contributed by atoms with E-state index in [0.717, 1.165) is 17.5 Å². The molecule has 0 unspecified atom stereocenters. The zero-order valence-corrected chi connectivity index (χ0v) is 17.6. The Labute approximate surface area is 175 Å². The minimum absolute atomic E-state index is 0.0315. The van der Waals surface area contributed by atoms with Crippen LogP contribution in [0.15, 0.2) is 86.5 Å². The van der Waals surface area contributed by atoms with Gasteiger partial charge in [0.15, 0.2) is 0 Å². The summed E-state index contributed by atoms with van der Waals surface area (Å²) in [6.07, 6.45) is 0.900. The number of hydrogen-bond donors (Lipinski definition) is 1. The number of fused-ring (bicyclic) bond motifs is 1. The monoisotopic (exact) mass is 418 g/mol. The Morgan fingerprint density at radius 2 is 1.60 bits per heavy atom. The van der Waals surface area contributed by atoms with Crippen LogP contribution in [0.2, 0.25) is 0 Å². The molecule has 0 spiro atoms. The molecule has 4 aromatic rings. The van der Waals surface area contributed by atoms with Crippen molar-refractivity contribution in [3.05, 3.63) is 89.5 Å². The van der Waals surface area contributed by atoms with Crippen LogP contribution in [0.5, 0.6) is 0 Å². The molecule has 0 radical (unpaired) electrons. The summed E-state index contributed by atoms with van der Waals surface area (Å²) >= 11 is 0. The van der Waals surface area contributed by atoms with Crippen molar-refractivity contribution in [3.63, 3.8) is 0 Å². The van der Waals surface area contributed by atoms with Gasteiger partial charge in [-0.15, -0.1) is 4.40 Å². The highest BCUT2D eigenvalue weighted by Crippen LogP contribution is 2.30. The molecular weight excluding hydrogens is 396 g/mol. The number of rotatable bonds is 4. The largest absolute Gasteiger partial charge is 0.437 e. The predicted octanol–water partition coefficient (Wildman–Crippen LogP) is 4.84. The van der Waals surface area contributed by atoms with Crippen LogP contribution in [0.3, 0.4) is 0 Å². The van der Waals surface area contributed by atoms with Gasteiger partial charge in [-0.05, 0) is 48.7 Å². The Kier molecular flexibility index (Phi) is 5.18. The van der Waals surface area contributed by atoms with E-state index in [9.17, 15) is 8.42 Å². The summed E-state index contributed by atoms with van der Waals surface area (Å²) < 4.78 is 35.9. The number of nitrogens with zero attached hydrogens (tertiary/aromatic N) is 1. The maximum Gasteiger partial charge on any atom is 0.285 e. The molecule has 152 valence electrons. The topological polar surface area (TPSA) is 85.7 Å². The molecule has 1 heterocycles. The Bertz CT molecular complexity index is 1390. The summed E-state index contributed by atoms with van der Waals surface area (Å²) in [5.74, 6) is 0. The maximum absolute atomic E-state index is 13.0. The van der Waals surface area contributed by atoms with E-state index in [1.54, 1.807) is 24.3 Å². The fourth-order valence-corrected chi connectivity index (χ4v) is 4.24. The first-order valence-corrected chi connectivity index (χ1v) is 11.1. The lowest BCUT2D eigenvalue weighted by molar-refractivity contribution is 0.543. The minimum atomic E-state index is -3.98. The molecule has 0 fully saturated rings. The fourth-order valence-electron chi connectivity index (χ4n) is 3.31. The van der Waals surface area contributed by atoms with E-state index in [1.807, 2.05) is 43.3 Å². The summed E-state index contributed by atoms with van der Waals surface area (Å²) in [7, 11) is -3.98. The predicted molar refractivity (Wildman–Crippen MR) is 119 cm³/mol. The zero-order chi connectivity index (χ0) is 21.3. The third-order valence-corrected chi connectivity index (χ3v) is 6.31. The number of para-hydroxylation sites is 1. The second kappa shape index (κ2) is 7.80. The van der Waals surface area contributed by atoms with Crippen molar-refractivity contribution < 1.29 is 12.8 Å². The first-order valence-electron chi connectivity index (χ1n) is 9.67. The molecule has 1 aromatic heterocycles. The lowest BCUT2D eigenvalue weighted by atomic mass is 10.0. The Morgan fingerprint density at radius 1 is 0.933 bits per heavy atom. The van der Waals surface area contributed by atoms with E-state index in [2.05, 4.69) is 11.3 Å². The van der Waals surface area contributed by atoms with Gasteiger partial charge >= 0.3 is 0 Å². The number of nitrogen functional groups attached to an aromatic ring is 1. The fraction of sp³-hybridized carbons (Fsp3) is 0.125. The van der Waals surface area contributed by atoms with Gasteiger partial charge in [0.1, 0.15) is 5.58 Å².